The van der Waals surface area contributed by atoms with Gasteiger partial charge in [-0.1, -0.05) is 6.92 Å². The van der Waals surface area contributed by atoms with Crippen molar-refractivity contribution < 1.29 is 4.79 Å². The maximum atomic E-state index is 12.3. The number of amides is 1. The Bertz CT molecular complexity index is 250. The molecule has 16 heavy (non-hydrogen) atoms. The third-order valence-electron chi connectivity index (χ3n) is 3.81. The minimum atomic E-state index is 0.0136. The average molecular weight is 224 g/mol. The molecule has 1 N–H and O–H groups in total. The van der Waals surface area contributed by atoms with E-state index in [-0.39, 0.29) is 6.04 Å². The van der Waals surface area contributed by atoms with E-state index in [1.165, 1.54) is 32.1 Å². The third-order valence-corrected chi connectivity index (χ3v) is 3.81. The molecular weight excluding hydrogens is 200 g/mol. The fourth-order valence-corrected chi connectivity index (χ4v) is 2.64. The maximum absolute atomic E-state index is 12.3. The van der Waals surface area contributed by atoms with Gasteiger partial charge in [-0.3, -0.25) is 4.79 Å². The van der Waals surface area contributed by atoms with Gasteiger partial charge in [0.25, 0.3) is 0 Å². The molecule has 92 valence electrons. The Morgan fingerprint density at radius 3 is 2.75 bits per heavy atom. The molecule has 1 saturated carbocycles. The van der Waals surface area contributed by atoms with E-state index in [9.17, 15) is 4.79 Å². The minimum Gasteiger partial charge on any atom is -0.338 e. The number of likely N-dealkylation sites (tertiary alicyclic amines) is 1. The van der Waals surface area contributed by atoms with Gasteiger partial charge in [0.1, 0.15) is 0 Å². The summed E-state index contributed by atoms with van der Waals surface area (Å²) in [6, 6.07) is 1.12. The first kappa shape index (κ1) is 11.9. The lowest BCUT2D eigenvalue weighted by Gasteiger charge is -2.37. The third kappa shape index (κ3) is 2.76. The van der Waals surface area contributed by atoms with E-state index >= 15 is 0 Å². The van der Waals surface area contributed by atoms with Crippen molar-refractivity contribution in [1.29, 1.82) is 0 Å². The van der Waals surface area contributed by atoms with Gasteiger partial charge in [-0.05, 0) is 45.4 Å². The van der Waals surface area contributed by atoms with Gasteiger partial charge in [0.15, 0.2) is 0 Å². The molecule has 1 aliphatic heterocycles. The van der Waals surface area contributed by atoms with Crippen molar-refractivity contribution in [1.82, 2.24) is 10.2 Å². The molecule has 2 unspecified atom stereocenters. The average Bonchev–Trinajstić information content (AvgIpc) is 3.11. The van der Waals surface area contributed by atoms with Gasteiger partial charge in [0.2, 0.25) is 5.91 Å². The normalized spacial score (nSPS) is 27.9. The molecule has 3 heteroatoms. The number of hydrogen-bond acceptors (Lipinski definition) is 2. The Morgan fingerprint density at radius 1 is 1.38 bits per heavy atom. The van der Waals surface area contributed by atoms with Crippen molar-refractivity contribution in [2.75, 3.05) is 6.54 Å². The van der Waals surface area contributed by atoms with Crippen molar-refractivity contribution >= 4 is 5.91 Å². The Morgan fingerprint density at radius 2 is 2.12 bits per heavy atom. The second-order valence-electron chi connectivity index (χ2n) is 5.25. The van der Waals surface area contributed by atoms with Crippen LogP contribution in [0.15, 0.2) is 0 Å². The van der Waals surface area contributed by atoms with Crippen LogP contribution in [0.2, 0.25) is 0 Å². The highest BCUT2D eigenvalue weighted by atomic mass is 16.2. The molecular formula is C13H24N2O. The summed E-state index contributed by atoms with van der Waals surface area (Å²) in [5, 5.41) is 3.40. The van der Waals surface area contributed by atoms with Crippen LogP contribution < -0.4 is 5.32 Å². The number of carbonyl (C=O) groups is 1. The van der Waals surface area contributed by atoms with Crippen LogP contribution in [0.1, 0.15) is 52.4 Å². The van der Waals surface area contributed by atoms with Gasteiger partial charge in [0.05, 0.1) is 6.04 Å². The molecule has 0 aromatic carbocycles. The van der Waals surface area contributed by atoms with E-state index in [4.69, 9.17) is 0 Å². The second-order valence-corrected chi connectivity index (χ2v) is 5.25. The number of nitrogens with zero attached hydrogens (tertiary/aromatic N) is 1. The van der Waals surface area contributed by atoms with Gasteiger partial charge < -0.3 is 10.2 Å². The predicted octanol–water partition coefficient (Wildman–Crippen LogP) is 1.92. The fraction of sp³-hybridized carbons (Fsp3) is 0.923. The van der Waals surface area contributed by atoms with Gasteiger partial charge in [-0.25, -0.2) is 0 Å². The largest absolute Gasteiger partial charge is 0.338 e. The second kappa shape index (κ2) is 5.17. The topological polar surface area (TPSA) is 32.3 Å². The highest BCUT2D eigenvalue weighted by Crippen LogP contribution is 2.22. The van der Waals surface area contributed by atoms with Crippen molar-refractivity contribution in [3.8, 4) is 0 Å². The van der Waals surface area contributed by atoms with E-state index in [0.717, 1.165) is 13.0 Å². The summed E-state index contributed by atoms with van der Waals surface area (Å²) in [6.45, 7) is 5.17. The summed E-state index contributed by atoms with van der Waals surface area (Å²) >= 11 is 0. The van der Waals surface area contributed by atoms with Crippen LogP contribution in [-0.4, -0.2) is 35.5 Å². The predicted molar refractivity (Wildman–Crippen MR) is 65.3 cm³/mol. The van der Waals surface area contributed by atoms with Crippen molar-refractivity contribution in [3.05, 3.63) is 0 Å². The van der Waals surface area contributed by atoms with Crippen LogP contribution in [0.5, 0.6) is 0 Å². The Hall–Kier alpha value is -0.570. The summed E-state index contributed by atoms with van der Waals surface area (Å²) in [4.78, 5) is 14.4. The Labute approximate surface area is 98.6 Å². The molecule has 1 heterocycles. The summed E-state index contributed by atoms with van der Waals surface area (Å²) < 4.78 is 0. The van der Waals surface area contributed by atoms with Gasteiger partial charge in [0, 0.05) is 18.6 Å². The van der Waals surface area contributed by atoms with E-state index in [2.05, 4.69) is 17.1 Å². The zero-order valence-electron chi connectivity index (χ0n) is 10.5. The molecule has 0 aromatic rings. The molecule has 2 fully saturated rings. The number of nitrogens with one attached hydrogen (secondary N) is 1. The van der Waals surface area contributed by atoms with Gasteiger partial charge in [-0.2, -0.15) is 0 Å². The van der Waals surface area contributed by atoms with Crippen LogP contribution in [-0.2, 0) is 4.79 Å². The first-order chi connectivity index (χ1) is 7.72. The molecule has 3 nitrogen and oxygen atoms in total. The maximum Gasteiger partial charge on any atom is 0.239 e. The molecule has 0 aromatic heterocycles. The monoisotopic (exact) mass is 224 g/mol. The number of hydrogen-bond donors (Lipinski definition) is 1. The summed E-state index contributed by atoms with van der Waals surface area (Å²) in [7, 11) is 0. The van der Waals surface area contributed by atoms with Gasteiger partial charge >= 0.3 is 0 Å². The van der Waals surface area contributed by atoms with E-state index in [1.807, 2.05) is 6.92 Å². The molecule has 1 saturated heterocycles. The van der Waals surface area contributed by atoms with Crippen molar-refractivity contribution in [3.63, 3.8) is 0 Å². The molecule has 0 radical (unpaired) electrons. The molecule has 0 spiro atoms. The first-order valence-corrected chi connectivity index (χ1v) is 6.79. The summed E-state index contributed by atoms with van der Waals surface area (Å²) in [5.74, 6) is 0.318. The summed E-state index contributed by atoms with van der Waals surface area (Å²) in [5.41, 5.74) is 0. The molecule has 2 aliphatic rings. The zero-order chi connectivity index (χ0) is 11.5. The van der Waals surface area contributed by atoms with E-state index in [1.54, 1.807) is 0 Å². The van der Waals surface area contributed by atoms with Crippen LogP contribution in [0.3, 0.4) is 0 Å². The Balaban J connectivity index is 1.89. The van der Waals surface area contributed by atoms with Crippen LogP contribution in [0.25, 0.3) is 0 Å². The lowest BCUT2D eigenvalue weighted by Crippen LogP contribution is -2.51. The number of piperidine rings is 1. The SMILES string of the molecule is CCC1CCCCN1C(=O)C(C)NC1CC1. The smallest absolute Gasteiger partial charge is 0.239 e. The zero-order valence-corrected chi connectivity index (χ0v) is 10.5. The van der Waals surface area contributed by atoms with E-state index < -0.39 is 0 Å². The first-order valence-electron chi connectivity index (χ1n) is 6.79. The molecule has 1 amide bonds. The minimum absolute atomic E-state index is 0.0136. The lowest BCUT2D eigenvalue weighted by molar-refractivity contribution is -0.136. The number of carbonyl (C=O) groups excluding carboxylic acids is 1. The van der Waals surface area contributed by atoms with Crippen molar-refractivity contribution in [2.24, 2.45) is 0 Å². The quantitative estimate of drug-likeness (QED) is 0.791. The summed E-state index contributed by atoms with van der Waals surface area (Å²) in [6.07, 6.45) is 7.25. The molecule has 2 rings (SSSR count). The lowest BCUT2D eigenvalue weighted by atomic mass is 9.99. The molecule has 1 aliphatic carbocycles. The Kier molecular flexibility index (Phi) is 3.85. The van der Waals surface area contributed by atoms with Crippen molar-refractivity contribution in [2.45, 2.75) is 70.5 Å². The van der Waals surface area contributed by atoms with Crippen LogP contribution >= 0.6 is 0 Å². The standard InChI is InChI=1S/C13H24N2O/c1-3-12-6-4-5-9-15(12)13(16)10(2)14-11-7-8-11/h10-12,14H,3-9H2,1-2H3. The molecule has 0 bridgehead atoms. The number of rotatable bonds is 4. The van der Waals surface area contributed by atoms with E-state index in [0.29, 0.717) is 18.0 Å². The van der Waals surface area contributed by atoms with Gasteiger partial charge in [-0.15, -0.1) is 0 Å². The van der Waals surface area contributed by atoms with Crippen LogP contribution in [0.4, 0.5) is 0 Å². The highest BCUT2D eigenvalue weighted by molar-refractivity contribution is 5.82. The molecule has 2 atom stereocenters. The highest BCUT2D eigenvalue weighted by Gasteiger charge is 2.31. The fourth-order valence-electron chi connectivity index (χ4n) is 2.64. The van der Waals surface area contributed by atoms with Crippen LogP contribution in [0, 0.1) is 0 Å².